The molecular weight excluding hydrogens is 364 g/mol. The average Bonchev–Trinajstić information content (AvgIpc) is 3.65. The number of benzene rings is 1. The largest absolute Gasteiger partial charge is 0.373 e. The van der Waals surface area contributed by atoms with Crippen molar-refractivity contribution in [2.45, 2.75) is 25.7 Å². The highest BCUT2D eigenvalue weighted by atomic mass is 16.2. The lowest BCUT2D eigenvalue weighted by Gasteiger charge is -2.12. The molecule has 29 heavy (non-hydrogen) atoms. The van der Waals surface area contributed by atoms with Gasteiger partial charge in [0, 0.05) is 47.8 Å². The third-order valence-electron chi connectivity index (χ3n) is 5.64. The number of pyridine rings is 2. The molecule has 0 atom stereocenters. The van der Waals surface area contributed by atoms with Crippen molar-refractivity contribution in [3.8, 4) is 11.1 Å². The number of ketones is 1. The molecule has 1 aromatic carbocycles. The molecule has 0 saturated heterocycles. The molecular formula is C23H22N4O2. The third kappa shape index (κ3) is 3.46. The van der Waals surface area contributed by atoms with Gasteiger partial charge in [-0.15, -0.1) is 0 Å². The van der Waals surface area contributed by atoms with Crippen LogP contribution in [0.25, 0.3) is 21.9 Å². The minimum atomic E-state index is 0.0317. The highest BCUT2D eigenvalue weighted by Gasteiger charge is 2.31. The lowest BCUT2D eigenvalue weighted by atomic mass is 9.98. The van der Waals surface area contributed by atoms with E-state index in [1.807, 2.05) is 43.6 Å². The zero-order valence-electron chi connectivity index (χ0n) is 16.2. The van der Waals surface area contributed by atoms with Crippen LogP contribution in [0.1, 0.15) is 36.0 Å². The molecule has 3 aromatic rings. The number of Topliss-reactive ketones (excluding diaryl/α,β-unsaturated/α-hetero) is 1. The first-order valence-electron chi connectivity index (χ1n) is 10.1. The average molecular weight is 386 g/mol. The molecule has 2 aliphatic carbocycles. The van der Waals surface area contributed by atoms with Gasteiger partial charge in [0.25, 0.3) is 0 Å². The standard InChI is InChI=1S/C23H22N4O2/c1-24-22-19-12-25-20(27-23(29)16-8-9-16)10-17(19)18(11-26-22)13-2-4-14(5-3-13)21(28)15-6-7-15/h2-5,10-12,15-16H,6-9H2,1H3,(H,24,26)(H,25,27,29). The van der Waals surface area contributed by atoms with Crippen molar-refractivity contribution in [3.63, 3.8) is 0 Å². The Labute approximate surface area is 168 Å². The van der Waals surface area contributed by atoms with Crippen LogP contribution >= 0.6 is 0 Å². The lowest BCUT2D eigenvalue weighted by Crippen LogP contribution is -2.14. The van der Waals surface area contributed by atoms with E-state index in [1.165, 1.54) is 0 Å². The Morgan fingerprint density at radius 3 is 2.31 bits per heavy atom. The number of fused-ring (bicyclic) bond motifs is 1. The van der Waals surface area contributed by atoms with Crippen molar-refractivity contribution in [1.82, 2.24) is 9.97 Å². The van der Waals surface area contributed by atoms with Crippen LogP contribution in [-0.2, 0) is 4.79 Å². The number of amides is 1. The predicted octanol–water partition coefficient (Wildman–Crippen LogP) is 4.28. The van der Waals surface area contributed by atoms with Gasteiger partial charge in [-0.25, -0.2) is 9.97 Å². The van der Waals surface area contributed by atoms with Gasteiger partial charge in [0.2, 0.25) is 5.91 Å². The normalized spacial score (nSPS) is 15.9. The minimum Gasteiger partial charge on any atom is -0.373 e. The van der Waals surface area contributed by atoms with E-state index in [-0.39, 0.29) is 23.5 Å². The Morgan fingerprint density at radius 2 is 1.66 bits per heavy atom. The molecule has 0 bridgehead atoms. The fourth-order valence-corrected chi connectivity index (χ4v) is 3.60. The zero-order valence-corrected chi connectivity index (χ0v) is 16.2. The summed E-state index contributed by atoms with van der Waals surface area (Å²) in [5.74, 6) is 1.88. The number of hydrogen-bond acceptors (Lipinski definition) is 5. The van der Waals surface area contributed by atoms with Gasteiger partial charge in [0.1, 0.15) is 11.6 Å². The van der Waals surface area contributed by atoms with E-state index in [0.717, 1.165) is 59.0 Å². The molecule has 5 rings (SSSR count). The van der Waals surface area contributed by atoms with Crippen molar-refractivity contribution in [2.24, 2.45) is 11.8 Å². The summed E-state index contributed by atoms with van der Waals surface area (Å²) in [5, 5.41) is 7.85. The monoisotopic (exact) mass is 386 g/mol. The fourth-order valence-electron chi connectivity index (χ4n) is 3.60. The Hall–Kier alpha value is -3.28. The number of carbonyl (C=O) groups excluding carboxylic acids is 2. The first-order chi connectivity index (χ1) is 14.1. The summed E-state index contributed by atoms with van der Waals surface area (Å²) in [6.07, 6.45) is 7.46. The molecule has 2 heterocycles. The number of nitrogens with one attached hydrogen (secondary N) is 2. The van der Waals surface area contributed by atoms with Gasteiger partial charge < -0.3 is 10.6 Å². The molecule has 0 spiro atoms. The first-order valence-corrected chi connectivity index (χ1v) is 10.1. The van der Waals surface area contributed by atoms with Crippen LogP contribution in [0.5, 0.6) is 0 Å². The van der Waals surface area contributed by atoms with Crippen molar-refractivity contribution in [3.05, 3.63) is 48.3 Å². The van der Waals surface area contributed by atoms with E-state index in [4.69, 9.17) is 0 Å². The quantitative estimate of drug-likeness (QED) is 0.618. The van der Waals surface area contributed by atoms with Gasteiger partial charge >= 0.3 is 0 Å². The predicted molar refractivity (Wildman–Crippen MR) is 113 cm³/mol. The van der Waals surface area contributed by atoms with Gasteiger partial charge in [-0.1, -0.05) is 24.3 Å². The number of carbonyl (C=O) groups is 2. The highest BCUT2D eigenvalue weighted by molar-refractivity contribution is 6.04. The molecule has 2 aliphatic rings. The van der Waals surface area contributed by atoms with Crippen LogP contribution in [0.15, 0.2) is 42.7 Å². The summed E-state index contributed by atoms with van der Waals surface area (Å²) in [6.45, 7) is 0. The zero-order chi connectivity index (χ0) is 20.0. The molecule has 2 aromatic heterocycles. The second-order valence-electron chi connectivity index (χ2n) is 7.87. The topological polar surface area (TPSA) is 84.0 Å². The molecule has 0 aliphatic heterocycles. The second kappa shape index (κ2) is 6.95. The summed E-state index contributed by atoms with van der Waals surface area (Å²) >= 11 is 0. The first kappa shape index (κ1) is 17.8. The van der Waals surface area contributed by atoms with E-state index in [1.54, 1.807) is 6.20 Å². The Balaban J connectivity index is 1.54. The maximum atomic E-state index is 12.3. The molecule has 1 amide bonds. The lowest BCUT2D eigenvalue weighted by molar-refractivity contribution is -0.117. The fraction of sp³-hybridized carbons (Fsp3) is 0.304. The Bertz CT molecular complexity index is 1120. The van der Waals surface area contributed by atoms with E-state index >= 15 is 0 Å². The summed E-state index contributed by atoms with van der Waals surface area (Å²) < 4.78 is 0. The van der Waals surface area contributed by atoms with Gasteiger partial charge in [-0.2, -0.15) is 0 Å². The molecule has 2 fully saturated rings. The van der Waals surface area contributed by atoms with Crippen molar-refractivity contribution >= 4 is 34.1 Å². The summed E-state index contributed by atoms with van der Waals surface area (Å²) in [6, 6.07) is 9.62. The number of aromatic nitrogens is 2. The number of rotatable bonds is 6. The van der Waals surface area contributed by atoms with Crippen LogP contribution in [0, 0.1) is 11.8 Å². The molecule has 6 heteroatoms. The van der Waals surface area contributed by atoms with Crippen molar-refractivity contribution in [1.29, 1.82) is 0 Å². The SMILES string of the molecule is CNc1ncc(-c2ccc(C(=O)C3CC3)cc2)c2cc(NC(=O)C3CC3)ncc12. The number of hydrogen-bond donors (Lipinski definition) is 2. The highest BCUT2D eigenvalue weighted by Crippen LogP contribution is 2.36. The minimum absolute atomic E-state index is 0.0317. The molecule has 0 unspecified atom stereocenters. The van der Waals surface area contributed by atoms with E-state index in [9.17, 15) is 9.59 Å². The van der Waals surface area contributed by atoms with Gasteiger partial charge in [0.05, 0.1) is 0 Å². The molecule has 6 nitrogen and oxygen atoms in total. The second-order valence-corrected chi connectivity index (χ2v) is 7.87. The smallest absolute Gasteiger partial charge is 0.228 e. The maximum absolute atomic E-state index is 12.3. The van der Waals surface area contributed by atoms with Crippen LogP contribution in [0.3, 0.4) is 0 Å². The number of nitrogens with zero attached hydrogens (tertiary/aromatic N) is 2. The van der Waals surface area contributed by atoms with E-state index < -0.39 is 0 Å². The maximum Gasteiger partial charge on any atom is 0.228 e. The summed E-state index contributed by atoms with van der Waals surface area (Å²) in [4.78, 5) is 33.4. The third-order valence-corrected chi connectivity index (χ3v) is 5.64. The number of anilines is 2. The molecule has 0 radical (unpaired) electrons. The van der Waals surface area contributed by atoms with Gasteiger partial charge in [-0.05, 0) is 42.7 Å². The van der Waals surface area contributed by atoms with Crippen LogP contribution < -0.4 is 10.6 Å². The van der Waals surface area contributed by atoms with Gasteiger partial charge in [0.15, 0.2) is 5.78 Å². The van der Waals surface area contributed by atoms with Crippen LogP contribution in [0.2, 0.25) is 0 Å². The van der Waals surface area contributed by atoms with Crippen molar-refractivity contribution in [2.75, 3.05) is 17.7 Å². The van der Waals surface area contributed by atoms with E-state index in [2.05, 4.69) is 20.6 Å². The van der Waals surface area contributed by atoms with E-state index in [0.29, 0.717) is 5.82 Å². The summed E-state index contributed by atoms with van der Waals surface area (Å²) in [7, 11) is 1.82. The van der Waals surface area contributed by atoms with Crippen LogP contribution in [0.4, 0.5) is 11.6 Å². The van der Waals surface area contributed by atoms with Crippen LogP contribution in [-0.4, -0.2) is 28.7 Å². The molecule has 2 N–H and O–H groups in total. The Kier molecular flexibility index (Phi) is 4.27. The molecule has 2 saturated carbocycles. The summed E-state index contributed by atoms with van der Waals surface area (Å²) in [5.41, 5.74) is 2.68. The van der Waals surface area contributed by atoms with Crippen molar-refractivity contribution < 1.29 is 9.59 Å². The Morgan fingerprint density at radius 1 is 0.931 bits per heavy atom. The molecule has 146 valence electrons. The van der Waals surface area contributed by atoms with Gasteiger partial charge in [-0.3, -0.25) is 9.59 Å².